The van der Waals surface area contributed by atoms with Crippen molar-refractivity contribution < 1.29 is 19.4 Å². The topological polar surface area (TPSA) is 66.8 Å². The Morgan fingerprint density at radius 2 is 2.05 bits per heavy atom. The van der Waals surface area contributed by atoms with Crippen molar-refractivity contribution in [2.75, 3.05) is 13.2 Å². The molecule has 114 valence electrons. The van der Waals surface area contributed by atoms with Crippen LogP contribution in [0.25, 0.3) is 0 Å². The van der Waals surface area contributed by atoms with Crippen molar-refractivity contribution in [3.8, 4) is 5.75 Å². The molecule has 21 heavy (non-hydrogen) atoms. The number of carbonyl (C=O) groups excluding carboxylic acids is 1. The number of amides is 1. The molecule has 5 nitrogen and oxygen atoms in total. The Labute approximate surface area is 132 Å². The van der Waals surface area contributed by atoms with E-state index in [1.165, 1.54) is 0 Å². The number of carboxylic acids is 1. The number of halogens is 1. The van der Waals surface area contributed by atoms with E-state index in [-0.39, 0.29) is 18.6 Å². The number of carboxylic acid groups (broad SMARTS) is 1. The summed E-state index contributed by atoms with van der Waals surface area (Å²) in [4.78, 5) is 25.0. The van der Waals surface area contributed by atoms with Gasteiger partial charge in [-0.1, -0.05) is 15.9 Å². The molecule has 6 heteroatoms. The minimum Gasteiger partial charge on any atom is -0.484 e. The fraction of sp³-hybridized carbons (Fsp3) is 0.467. The highest BCUT2D eigenvalue weighted by molar-refractivity contribution is 9.10. The van der Waals surface area contributed by atoms with Gasteiger partial charge in [-0.2, -0.15) is 0 Å². The van der Waals surface area contributed by atoms with Crippen molar-refractivity contribution in [2.45, 2.75) is 25.8 Å². The van der Waals surface area contributed by atoms with Crippen LogP contribution in [-0.4, -0.2) is 41.1 Å². The third-order valence-corrected chi connectivity index (χ3v) is 4.33. The molecular weight excluding hydrogens is 338 g/mol. The van der Waals surface area contributed by atoms with Crippen LogP contribution in [-0.2, 0) is 9.59 Å². The highest BCUT2D eigenvalue weighted by Crippen LogP contribution is 2.24. The average molecular weight is 356 g/mol. The molecule has 1 amide bonds. The first-order valence-electron chi connectivity index (χ1n) is 6.89. The van der Waals surface area contributed by atoms with Crippen LogP contribution >= 0.6 is 15.9 Å². The first kappa shape index (κ1) is 15.8. The smallest absolute Gasteiger partial charge is 0.308 e. The number of piperidine rings is 1. The SMILES string of the molecule is C[C@@H]1[C@H](C(=O)O)CCCN1C(=O)COc1ccc(Br)cc1. The number of ether oxygens (including phenoxy) is 1. The number of benzene rings is 1. The van der Waals surface area contributed by atoms with E-state index in [1.54, 1.807) is 24.0 Å². The molecule has 0 radical (unpaired) electrons. The van der Waals surface area contributed by atoms with E-state index in [4.69, 9.17) is 9.84 Å². The highest BCUT2D eigenvalue weighted by atomic mass is 79.9. The van der Waals surface area contributed by atoms with E-state index in [1.807, 2.05) is 12.1 Å². The van der Waals surface area contributed by atoms with Gasteiger partial charge in [-0.05, 0) is 44.0 Å². The maximum atomic E-state index is 12.2. The molecule has 0 aliphatic carbocycles. The highest BCUT2D eigenvalue weighted by Gasteiger charge is 2.35. The largest absolute Gasteiger partial charge is 0.484 e. The summed E-state index contributed by atoms with van der Waals surface area (Å²) < 4.78 is 6.40. The molecule has 1 fully saturated rings. The molecule has 1 aromatic rings. The molecule has 1 aliphatic heterocycles. The third-order valence-electron chi connectivity index (χ3n) is 3.80. The van der Waals surface area contributed by atoms with Crippen molar-refractivity contribution in [3.63, 3.8) is 0 Å². The van der Waals surface area contributed by atoms with Crippen LogP contribution in [0.5, 0.6) is 5.75 Å². The maximum Gasteiger partial charge on any atom is 0.308 e. The monoisotopic (exact) mass is 355 g/mol. The Bertz CT molecular complexity index is 517. The summed E-state index contributed by atoms with van der Waals surface area (Å²) in [6.07, 6.45) is 1.33. The summed E-state index contributed by atoms with van der Waals surface area (Å²) in [5, 5.41) is 9.17. The van der Waals surface area contributed by atoms with E-state index < -0.39 is 11.9 Å². The first-order chi connectivity index (χ1) is 9.99. The number of likely N-dealkylation sites (tertiary alicyclic amines) is 1. The van der Waals surface area contributed by atoms with Crippen molar-refractivity contribution in [2.24, 2.45) is 5.92 Å². The van der Waals surface area contributed by atoms with Crippen molar-refractivity contribution in [3.05, 3.63) is 28.7 Å². The molecule has 0 bridgehead atoms. The van der Waals surface area contributed by atoms with Gasteiger partial charge in [0.25, 0.3) is 5.91 Å². The molecule has 0 saturated carbocycles. The van der Waals surface area contributed by atoms with E-state index in [0.717, 1.165) is 4.47 Å². The number of hydrogen-bond donors (Lipinski definition) is 1. The van der Waals surface area contributed by atoms with Gasteiger partial charge in [0.05, 0.1) is 5.92 Å². The lowest BCUT2D eigenvalue weighted by atomic mass is 9.90. The van der Waals surface area contributed by atoms with Crippen LogP contribution in [0.2, 0.25) is 0 Å². The normalized spacial score (nSPS) is 21.9. The molecule has 0 unspecified atom stereocenters. The summed E-state index contributed by atoms with van der Waals surface area (Å²) >= 11 is 3.33. The summed E-state index contributed by atoms with van der Waals surface area (Å²) in [7, 11) is 0. The standard InChI is InChI=1S/C15H18BrNO4/c1-10-13(15(19)20)3-2-8-17(10)14(18)9-21-12-6-4-11(16)5-7-12/h4-7,10,13H,2-3,8-9H2,1H3,(H,19,20)/t10-,13-/m1/s1. The number of aliphatic carboxylic acids is 1. The fourth-order valence-electron chi connectivity index (χ4n) is 2.58. The molecular formula is C15H18BrNO4. The number of nitrogens with zero attached hydrogens (tertiary/aromatic N) is 1. The van der Waals surface area contributed by atoms with Crippen LogP contribution < -0.4 is 4.74 Å². The second kappa shape index (κ2) is 6.93. The molecule has 1 N–H and O–H groups in total. The lowest BCUT2D eigenvalue weighted by molar-refractivity contribution is -0.149. The fourth-order valence-corrected chi connectivity index (χ4v) is 2.85. The Morgan fingerprint density at radius 1 is 1.38 bits per heavy atom. The van der Waals surface area contributed by atoms with Gasteiger partial charge in [-0.25, -0.2) is 0 Å². The number of carbonyl (C=O) groups is 2. The van der Waals surface area contributed by atoms with E-state index in [2.05, 4.69) is 15.9 Å². The van der Waals surface area contributed by atoms with Gasteiger partial charge in [0.15, 0.2) is 6.61 Å². The first-order valence-corrected chi connectivity index (χ1v) is 7.69. The van der Waals surface area contributed by atoms with Crippen molar-refractivity contribution in [1.82, 2.24) is 4.90 Å². The van der Waals surface area contributed by atoms with Gasteiger partial charge in [0, 0.05) is 17.1 Å². The second-order valence-corrected chi connectivity index (χ2v) is 6.07. The van der Waals surface area contributed by atoms with Crippen molar-refractivity contribution >= 4 is 27.8 Å². The van der Waals surface area contributed by atoms with Gasteiger partial charge >= 0.3 is 5.97 Å². The van der Waals surface area contributed by atoms with Crippen molar-refractivity contribution in [1.29, 1.82) is 0 Å². The van der Waals surface area contributed by atoms with Gasteiger partial charge < -0.3 is 14.7 Å². The summed E-state index contributed by atoms with van der Waals surface area (Å²) in [6, 6.07) is 6.93. The van der Waals surface area contributed by atoms with Crippen LogP contribution in [0.1, 0.15) is 19.8 Å². The zero-order valence-corrected chi connectivity index (χ0v) is 13.4. The predicted octanol–water partition coefficient (Wildman–Crippen LogP) is 2.54. The van der Waals surface area contributed by atoms with Gasteiger partial charge in [0.1, 0.15) is 5.75 Å². The Kier molecular flexibility index (Phi) is 5.22. The van der Waals surface area contributed by atoms with Crippen LogP contribution in [0.3, 0.4) is 0 Å². The van der Waals surface area contributed by atoms with Crippen LogP contribution in [0.4, 0.5) is 0 Å². The molecule has 1 saturated heterocycles. The third kappa shape index (κ3) is 3.97. The van der Waals surface area contributed by atoms with Crippen LogP contribution in [0.15, 0.2) is 28.7 Å². The molecule has 0 spiro atoms. The molecule has 1 aliphatic rings. The Balaban J connectivity index is 1.93. The molecule has 0 aromatic heterocycles. The Morgan fingerprint density at radius 3 is 2.67 bits per heavy atom. The average Bonchev–Trinajstić information content (AvgIpc) is 2.46. The minimum absolute atomic E-state index is 0.0711. The zero-order chi connectivity index (χ0) is 15.4. The molecule has 1 aromatic carbocycles. The molecule has 1 heterocycles. The number of hydrogen-bond acceptors (Lipinski definition) is 3. The predicted molar refractivity (Wildman–Crippen MR) is 81.2 cm³/mol. The molecule has 2 rings (SSSR count). The van der Waals surface area contributed by atoms with E-state index >= 15 is 0 Å². The molecule has 2 atom stereocenters. The van der Waals surface area contributed by atoms with E-state index in [0.29, 0.717) is 25.1 Å². The maximum absolute atomic E-state index is 12.2. The number of rotatable bonds is 4. The van der Waals surface area contributed by atoms with Gasteiger partial charge in [0.2, 0.25) is 0 Å². The lowest BCUT2D eigenvalue weighted by Crippen LogP contribution is -2.50. The minimum atomic E-state index is -0.839. The summed E-state index contributed by atoms with van der Waals surface area (Å²) in [6.45, 7) is 2.31. The summed E-state index contributed by atoms with van der Waals surface area (Å²) in [5.41, 5.74) is 0. The summed E-state index contributed by atoms with van der Waals surface area (Å²) in [5.74, 6) is -0.883. The van der Waals surface area contributed by atoms with Gasteiger partial charge in [-0.15, -0.1) is 0 Å². The van der Waals surface area contributed by atoms with E-state index in [9.17, 15) is 9.59 Å². The lowest BCUT2D eigenvalue weighted by Gasteiger charge is -2.37. The Hall–Kier alpha value is -1.56. The van der Waals surface area contributed by atoms with Gasteiger partial charge in [-0.3, -0.25) is 9.59 Å². The van der Waals surface area contributed by atoms with Crippen LogP contribution in [0, 0.1) is 5.92 Å². The zero-order valence-electron chi connectivity index (χ0n) is 11.8. The quantitative estimate of drug-likeness (QED) is 0.900. The second-order valence-electron chi connectivity index (χ2n) is 5.16.